The van der Waals surface area contributed by atoms with Crippen molar-refractivity contribution in [2.75, 3.05) is 12.3 Å². The molecule has 0 saturated carbocycles. The molecule has 0 saturated heterocycles. The van der Waals surface area contributed by atoms with Crippen molar-refractivity contribution in [3.8, 4) is 0 Å². The summed E-state index contributed by atoms with van der Waals surface area (Å²) < 4.78 is 4.88. The molecule has 0 aliphatic heterocycles. The first kappa shape index (κ1) is 14.0. The lowest BCUT2D eigenvalue weighted by Gasteiger charge is -2.11. The molecule has 1 aromatic rings. The molecule has 0 aliphatic carbocycles. The molecule has 0 spiro atoms. The molecular weight excluding hydrogens is 232 g/mol. The standard InChI is InChI=1S/C13H18N2O3/c1-3-9(2)15-12(16)8-18-13(17)10-4-6-11(14)7-5-10/h4-7,9H,3,8,14H2,1-2H3,(H,15,16). The van der Waals surface area contributed by atoms with E-state index >= 15 is 0 Å². The smallest absolute Gasteiger partial charge is 0.338 e. The Hall–Kier alpha value is -2.04. The first-order valence-electron chi connectivity index (χ1n) is 5.85. The Morgan fingerprint density at radius 1 is 1.33 bits per heavy atom. The van der Waals surface area contributed by atoms with Crippen LogP contribution in [0.5, 0.6) is 0 Å². The van der Waals surface area contributed by atoms with E-state index in [0.717, 1.165) is 6.42 Å². The number of rotatable bonds is 5. The van der Waals surface area contributed by atoms with Gasteiger partial charge in [-0.2, -0.15) is 0 Å². The predicted octanol–water partition coefficient (Wildman–Crippen LogP) is 1.34. The average molecular weight is 250 g/mol. The Morgan fingerprint density at radius 3 is 2.50 bits per heavy atom. The fourth-order valence-corrected chi connectivity index (χ4v) is 1.25. The number of nitrogen functional groups attached to an aromatic ring is 1. The van der Waals surface area contributed by atoms with Crippen LogP contribution in [0.1, 0.15) is 30.6 Å². The molecule has 1 atom stereocenters. The van der Waals surface area contributed by atoms with Crippen molar-refractivity contribution in [1.29, 1.82) is 0 Å². The number of nitrogens with two attached hydrogens (primary N) is 1. The van der Waals surface area contributed by atoms with E-state index in [0.29, 0.717) is 11.3 Å². The number of benzene rings is 1. The number of carbonyl (C=O) groups excluding carboxylic acids is 2. The van der Waals surface area contributed by atoms with Crippen molar-refractivity contribution in [2.24, 2.45) is 0 Å². The lowest BCUT2D eigenvalue weighted by Crippen LogP contribution is -2.35. The molecule has 3 N–H and O–H groups in total. The van der Waals surface area contributed by atoms with E-state index in [9.17, 15) is 9.59 Å². The molecule has 1 amide bonds. The van der Waals surface area contributed by atoms with E-state index in [2.05, 4.69) is 5.32 Å². The van der Waals surface area contributed by atoms with Crippen LogP contribution in [0.4, 0.5) is 5.69 Å². The number of ether oxygens (including phenoxy) is 1. The average Bonchev–Trinajstić information content (AvgIpc) is 2.36. The molecule has 1 rings (SSSR count). The summed E-state index contributed by atoms with van der Waals surface area (Å²) in [6.45, 7) is 3.58. The van der Waals surface area contributed by atoms with Gasteiger partial charge in [0.2, 0.25) is 0 Å². The van der Waals surface area contributed by atoms with Crippen molar-refractivity contribution in [2.45, 2.75) is 26.3 Å². The molecule has 1 aromatic carbocycles. The van der Waals surface area contributed by atoms with Gasteiger partial charge in [0.05, 0.1) is 5.56 Å². The monoisotopic (exact) mass is 250 g/mol. The van der Waals surface area contributed by atoms with Gasteiger partial charge in [-0.25, -0.2) is 4.79 Å². The maximum atomic E-state index is 11.6. The van der Waals surface area contributed by atoms with E-state index < -0.39 is 5.97 Å². The normalized spacial score (nSPS) is 11.7. The van der Waals surface area contributed by atoms with Gasteiger partial charge in [-0.1, -0.05) is 6.92 Å². The Kier molecular flexibility index (Phi) is 5.17. The lowest BCUT2D eigenvalue weighted by atomic mass is 10.2. The predicted molar refractivity (Wildman–Crippen MR) is 69.0 cm³/mol. The fraction of sp³-hybridized carbons (Fsp3) is 0.385. The second-order valence-corrected chi connectivity index (χ2v) is 4.07. The second-order valence-electron chi connectivity index (χ2n) is 4.07. The van der Waals surface area contributed by atoms with Crippen molar-refractivity contribution >= 4 is 17.6 Å². The number of nitrogens with one attached hydrogen (secondary N) is 1. The van der Waals surface area contributed by atoms with Gasteiger partial charge in [0.15, 0.2) is 6.61 Å². The zero-order valence-corrected chi connectivity index (χ0v) is 10.6. The molecule has 1 unspecified atom stereocenters. The molecule has 0 heterocycles. The number of hydrogen-bond acceptors (Lipinski definition) is 4. The van der Waals surface area contributed by atoms with Gasteiger partial charge in [0, 0.05) is 11.7 Å². The summed E-state index contributed by atoms with van der Waals surface area (Å²) in [6, 6.07) is 6.41. The Morgan fingerprint density at radius 2 is 1.94 bits per heavy atom. The van der Waals surface area contributed by atoms with E-state index in [1.54, 1.807) is 24.3 Å². The highest BCUT2D eigenvalue weighted by Gasteiger charge is 2.11. The van der Waals surface area contributed by atoms with E-state index in [1.807, 2.05) is 13.8 Å². The van der Waals surface area contributed by atoms with E-state index in [-0.39, 0.29) is 18.6 Å². The van der Waals surface area contributed by atoms with Gasteiger partial charge in [0.25, 0.3) is 5.91 Å². The molecule has 0 radical (unpaired) electrons. The highest BCUT2D eigenvalue weighted by molar-refractivity contribution is 5.91. The number of hydrogen-bond donors (Lipinski definition) is 2. The zero-order chi connectivity index (χ0) is 13.5. The molecule has 98 valence electrons. The van der Waals surface area contributed by atoms with Gasteiger partial charge >= 0.3 is 5.97 Å². The molecule has 5 heteroatoms. The first-order chi connectivity index (χ1) is 8.52. The third-order valence-corrected chi connectivity index (χ3v) is 2.50. The molecule has 0 aliphatic rings. The summed E-state index contributed by atoms with van der Waals surface area (Å²) in [4.78, 5) is 23.0. The van der Waals surface area contributed by atoms with Crippen molar-refractivity contribution < 1.29 is 14.3 Å². The number of amides is 1. The minimum absolute atomic E-state index is 0.0766. The Labute approximate surface area is 106 Å². The molecule has 18 heavy (non-hydrogen) atoms. The van der Waals surface area contributed by atoms with Crippen LogP contribution in [-0.4, -0.2) is 24.5 Å². The minimum atomic E-state index is -0.533. The summed E-state index contributed by atoms with van der Waals surface area (Å²) in [5.41, 5.74) is 6.45. The van der Waals surface area contributed by atoms with Gasteiger partial charge in [-0.05, 0) is 37.6 Å². The Bertz CT molecular complexity index is 415. The van der Waals surface area contributed by atoms with Crippen molar-refractivity contribution in [3.63, 3.8) is 0 Å². The number of anilines is 1. The van der Waals surface area contributed by atoms with Crippen LogP contribution < -0.4 is 11.1 Å². The van der Waals surface area contributed by atoms with Gasteiger partial charge in [-0.3, -0.25) is 4.79 Å². The number of carbonyl (C=O) groups is 2. The third kappa shape index (κ3) is 4.45. The topological polar surface area (TPSA) is 81.4 Å². The lowest BCUT2D eigenvalue weighted by molar-refractivity contribution is -0.124. The van der Waals surface area contributed by atoms with Crippen molar-refractivity contribution in [3.05, 3.63) is 29.8 Å². The minimum Gasteiger partial charge on any atom is -0.452 e. The maximum Gasteiger partial charge on any atom is 0.338 e. The third-order valence-electron chi connectivity index (χ3n) is 2.50. The fourth-order valence-electron chi connectivity index (χ4n) is 1.25. The molecule has 0 aromatic heterocycles. The first-order valence-corrected chi connectivity index (χ1v) is 5.85. The highest BCUT2D eigenvalue weighted by Crippen LogP contribution is 2.06. The van der Waals surface area contributed by atoms with Gasteiger partial charge in [0.1, 0.15) is 0 Å². The van der Waals surface area contributed by atoms with Crippen LogP contribution >= 0.6 is 0 Å². The highest BCUT2D eigenvalue weighted by atomic mass is 16.5. The van der Waals surface area contributed by atoms with Gasteiger partial charge in [-0.15, -0.1) is 0 Å². The second kappa shape index (κ2) is 6.64. The summed E-state index contributed by atoms with van der Waals surface area (Å²) in [5, 5.41) is 2.71. The van der Waals surface area contributed by atoms with E-state index in [4.69, 9.17) is 10.5 Å². The largest absolute Gasteiger partial charge is 0.452 e. The summed E-state index contributed by atoms with van der Waals surface area (Å²) in [5.74, 6) is -0.831. The zero-order valence-electron chi connectivity index (χ0n) is 10.6. The molecule has 0 fully saturated rings. The molecule has 0 bridgehead atoms. The van der Waals surface area contributed by atoms with Crippen LogP contribution in [0, 0.1) is 0 Å². The van der Waals surface area contributed by atoms with Crippen molar-refractivity contribution in [1.82, 2.24) is 5.32 Å². The number of esters is 1. The summed E-state index contributed by atoms with van der Waals surface area (Å²) in [6.07, 6.45) is 0.831. The SMILES string of the molecule is CCC(C)NC(=O)COC(=O)c1ccc(N)cc1. The van der Waals surface area contributed by atoms with Crippen LogP contribution in [0.25, 0.3) is 0 Å². The molecular formula is C13H18N2O3. The quantitative estimate of drug-likeness (QED) is 0.610. The van der Waals surface area contributed by atoms with Crippen LogP contribution in [0.3, 0.4) is 0 Å². The maximum absolute atomic E-state index is 11.6. The van der Waals surface area contributed by atoms with Crippen LogP contribution in [0.2, 0.25) is 0 Å². The van der Waals surface area contributed by atoms with E-state index in [1.165, 1.54) is 0 Å². The molecule has 5 nitrogen and oxygen atoms in total. The van der Waals surface area contributed by atoms with Crippen LogP contribution in [-0.2, 0) is 9.53 Å². The van der Waals surface area contributed by atoms with Crippen LogP contribution in [0.15, 0.2) is 24.3 Å². The summed E-state index contributed by atoms with van der Waals surface area (Å²) >= 11 is 0. The Balaban J connectivity index is 2.41. The summed E-state index contributed by atoms with van der Waals surface area (Å²) in [7, 11) is 0. The van der Waals surface area contributed by atoms with Gasteiger partial charge < -0.3 is 15.8 Å².